The molecule has 0 saturated heterocycles. The molecule has 0 aromatic rings. The van der Waals surface area contributed by atoms with Gasteiger partial charge in [-0.05, 0) is 37.4 Å². The molecule has 0 N–H and O–H groups in total. The quantitative estimate of drug-likeness (QED) is 0.634. The maximum atomic E-state index is 2.50. The van der Waals surface area contributed by atoms with E-state index in [0.29, 0.717) is 5.41 Å². The zero-order valence-corrected chi connectivity index (χ0v) is 10.4. The number of nitrogens with zero attached hydrogens (tertiary/aromatic N) is 1. The average molecular weight is 185 g/mol. The number of hydrogen-bond acceptors (Lipinski definition) is 1. The lowest BCUT2D eigenvalue weighted by Crippen LogP contribution is -2.28. The lowest BCUT2D eigenvalue weighted by atomic mass is 9.80. The zero-order valence-electron chi connectivity index (χ0n) is 10.4. The summed E-state index contributed by atoms with van der Waals surface area (Å²) in [6.45, 7) is 17.5. The van der Waals surface area contributed by atoms with Crippen LogP contribution in [0.3, 0.4) is 0 Å². The highest BCUT2D eigenvalue weighted by molar-refractivity contribution is 4.71. The van der Waals surface area contributed by atoms with Gasteiger partial charge in [-0.1, -0.05) is 41.5 Å². The molecule has 0 unspecified atom stereocenters. The van der Waals surface area contributed by atoms with Crippen molar-refractivity contribution >= 4 is 0 Å². The molecule has 0 aromatic heterocycles. The summed E-state index contributed by atoms with van der Waals surface area (Å²) >= 11 is 0. The molecule has 0 aromatic carbocycles. The van der Waals surface area contributed by atoms with Gasteiger partial charge in [0.15, 0.2) is 0 Å². The van der Waals surface area contributed by atoms with E-state index in [9.17, 15) is 0 Å². The third-order valence-electron chi connectivity index (χ3n) is 3.25. The molecule has 1 heteroatoms. The molecule has 0 bridgehead atoms. The van der Waals surface area contributed by atoms with Crippen molar-refractivity contribution in [3.05, 3.63) is 0 Å². The topological polar surface area (TPSA) is 3.24 Å². The highest BCUT2D eigenvalue weighted by atomic mass is 15.1. The largest absolute Gasteiger partial charge is 0.304 e. The van der Waals surface area contributed by atoms with Crippen molar-refractivity contribution in [3.8, 4) is 0 Å². The van der Waals surface area contributed by atoms with Crippen LogP contribution in [0.25, 0.3) is 0 Å². The molecule has 0 rings (SSSR count). The molecular formula is C12H27N. The van der Waals surface area contributed by atoms with Crippen molar-refractivity contribution in [1.29, 1.82) is 0 Å². The Kier molecular flexibility index (Phi) is 5.62. The molecule has 1 atom stereocenters. The van der Waals surface area contributed by atoms with Crippen molar-refractivity contribution < 1.29 is 0 Å². The lowest BCUT2D eigenvalue weighted by Gasteiger charge is -2.29. The van der Waals surface area contributed by atoms with Crippen LogP contribution in [0.5, 0.6) is 0 Å². The van der Waals surface area contributed by atoms with Crippen LogP contribution >= 0.6 is 0 Å². The highest BCUT2D eigenvalue weighted by Gasteiger charge is 2.19. The van der Waals surface area contributed by atoms with E-state index in [-0.39, 0.29) is 0 Å². The Hall–Kier alpha value is -0.0400. The van der Waals surface area contributed by atoms with Gasteiger partial charge >= 0.3 is 0 Å². The molecule has 0 saturated carbocycles. The second kappa shape index (κ2) is 5.64. The Labute approximate surface area is 84.5 Å². The molecular weight excluding hydrogens is 158 g/mol. The van der Waals surface area contributed by atoms with Crippen LogP contribution in [0.4, 0.5) is 0 Å². The minimum Gasteiger partial charge on any atom is -0.304 e. The minimum atomic E-state index is 0.465. The van der Waals surface area contributed by atoms with Crippen LogP contribution < -0.4 is 0 Å². The molecule has 0 radical (unpaired) electrons. The molecule has 80 valence electrons. The smallest absolute Gasteiger partial charge is 0.00162 e. The summed E-state index contributed by atoms with van der Waals surface area (Å²) in [5.41, 5.74) is 0.465. The summed E-state index contributed by atoms with van der Waals surface area (Å²) in [6.07, 6.45) is 1.32. The third-order valence-corrected chi connectivity index (χ3v) is 3.25. The van der Waals surface area contributed by atoms with Crippen molar-refractivity contribution in [3.63, 3.8) is 0 Å². The van der Waals surface area contributed by atoms with E-state index >= 15 is 0 Å². The lowest BCUT2D eigenvalue weighted by molar-refractivity contribution is 0.204. The summed E-state index contributed by atoms with van der Waals surface area (Å²) in [6, 6.07) is 0. The van der Waals surface area contributed by atoms with Crippen LogP contribution in [0.15, 0.2) is 0 Å². The first-order valence-electron chi connectivity index (χ1n) is 5.64. The second-order valence-electron chi connectivity index (χ2n) is 5.08. The summed E-state index contributed by atoms with van der Waals surface area (Å²) in [5, 5.41) is 0. The van der Waals surface area contributed by atoms with Crippen LogP contribution in [-0.2, 0) is 0 Å². The molecule has 1 nitrogen and oxygen atoms in total. The van der Waals surface area contributed by atoms with Gasteiger partial charge in [0.25, 0.3) is 0 Å². The van der Waals surface area contributed by atoms with Crippen LogP contribution in [0, 0.1) is 11.3 Å². The van der Waals surface area contributed by atoms with Gasteiger partial charge in [0.1, 0.15) is 0 Å². The first-order valence-corrected chi connectivity index (χ1v) is 5.64. The van der Waals surface area contributed by atoms with E-state index in [0.717, 1.165) is 5.92 Å². The Morgan fingerprint density at radius 1 is 1.08 bits per heavy atom. The first kappa shape index (κ1) is 13.0. The molecule has 0 aliphatic carbocycles. The Morgan fingerprint density at radius 3 is 1.85 bits per heavy atom. The standard InChI is InChI=1S/C12H27N/c1-7-13(8-2)10-9-11(3)12(4,5)6/h11H,7-10H2,1-6H3/t11-/m1/s1. The van der Waals surface area contributed by atoms with Gasteiger partial charge in [0, 0.05) is 0 Å². The molecule has 0 spiro atoms. The normalized spacial score (nSPS) is 15.0. The fourth-order valence-corrected chi connectivity index (χ4v) is 1.35. The zero-order chi connectivity index (χ0) is 10.5. The summed E-state index contributed by atoms with van der Waals surface area (Å²) in [7, 11) is 0. The number of hydrogen-bond donors (Lipinski definition) is 0. The van der Waals surface area contributed by atoms with Crippen molar-refractivity contribution in [2.45, 2.75) is 48.0 Å². The van der Waals surface area contributed by atoms with E-state index in [2.05, 4.69) is 46.4 Å². The van der Waals surface area contributed by atoms with Crippen molar-refractivity contribution in [2.24, 2.45) is 11.3 Å². The van der Waals surface area contributed by atoms with Crippen LogP contribution in [0.2, 0.25) is 0 Å². The predicted octanol–water partition coefficient (Wildman–Crippen LogP) is 3.40. The van der Waals surface area contributed by atoms with Gasteiger partial charge < -0.3 is 4.90 Å². The van der Waals surface area contributed by atoms with E-state index in [1.807, 2.05) is 0 Å². The highest BCUT2D eigenvalue weighted by Crippen LogP contribution is 2.27. The molecule has 0 aliphatic heterocycles. The average Bonchev–Trinajstić information content (AvgIpc) is 2.04. The molecule has 0 aliphatic rings. The molecule has 0 amide bonds. The third kappa shape index (κ3) is 5.30. The van der Waals surface area contributed by atoms with Gasteiger partial charge in [-0.2, -0.15) is 0 Å². The predicted molar refractivity (Wildman–Crippen MR) is 61.0 cm³/mol. The van der Waals surface area contributed by atoms with Gasteiger partial charge in [-0.25, -0.2) is 0 Å². The Bertz CT molecular complexity index is 120. The maximum Gasteiger partial charge on any atom is -0.00162 e. The summed E-state index contributed by atoms with van der Waals surface area (Å²) in [5.74, 6) is 0.813. The minimum absolute atomic E-state index is 0.465. The van der Waals surface area contributed by atoms with Crippen LogP contribution in [0.1, 0.15) is 48.0 Å². The molecule has 0 fully saturated rings. The van der Waals surface area contributed by atoms with E-state index in [1.165, 1.54) is 26.1 Å². The molecule has 13 heavy (non-hydrogen) atoms. The van der Waals surface area contributed by atoms with Crippen LogP contribution in [-0.4, -0.2) is 24.5 Å². The monoisotopic (exact) mass is 185 g/mol. The molecule has 0 heterocycles. The SMILES string of the molecule is CCN(CC)CC[C@@H](C)C(C)(C)C. The van der Waals surface area contributed by atoms with E-state index < -0.39 is 0 Å². The van der Waals surface area contributed by atoms with E-state index in [4.69, 9.17) is 0 Å². The maximum absolute atomic E-state index is 2.50. The van der Waals surface area contributed by atoms with Gasteiger partial charge in [-0.15, -0.1) is 0 Å². The van der Waals surface area contributed by atoms with Crippen molar-refractivity contribution in [1.82, 2.24) is 4.90 Å². The summed E-state index contributed by atoms with van der Waals surface area (Å²) < 4.78 is 0. The van der Waals surface area contributed by atoms with Gasteiger partial charge in [0.05, 0.1) is 0 Å². The fourth-order valence-electron chi connectivity index (χ4n) is 1.35. The second-order valence-corrected chi connectivity index (χ2v) is 5.08. The number of rotatable bonds is 5. The van der Waals surface area contributed by atoms with E-state index in [1.54, 1.807) is 0 Å². The van der Waals surface area contributed by atoms with Gasteiger partial charge in [0.2, 0.25) is 0 Å². The first-order chi connectivity index (χ1) is 5.91. The Morgan fingerprint density at radius 2 is 1.54 bits per heavy atom. The van der Waals surface area contributed by atoms with Crippen molar-refractivity contribution in [2.75, 3.05) is 19.6 Å². The van der Waals surface area contributed by atoms with Gasteiger partial charge in [-0.3, -0.25) is 0 Å². The summed E-state index contributed by atoms with van der Waals surface area (Å²) in [4.78, 5) is 2.50. The Balaban J connectivity index is 3.75. The fraction of sp³-hybridized carbons (Fsp3) is 1.00.